The largest absolute Gasteiger partial charge is 0.369 e. The van der Waals surface area contributed by atoms with Crippen molar-refractivity contribution in [3.63, 3.8) is 0 Å². The van der Waals surface area contributed by atoms with Crippen LogP contribution in [0.5, 0.6) is 0 Å². The topological polar surface area (TPSA) is 107 Å². The number of ether oxygens (including phenoxy) is 2. The first-order valence-corrected chi connectivity index (χ1v) is 15.2. The molecule has 0 saturated carbocycles. The summed E-state index contributed by atoms with van der Waals surface area (Å²) in [4.78, 5) is 23.8. The fourth-order valence-corrected chi connectivity index (χ4v) is 4.47. The second-order valence-electron chi connectivity index (χ2n) is 10.4. The summed E-state index contributed by atoms with van der Waals surface area (Å²) in [6, 6.07) is 0. The molecule has 0 aromatic heterocycles. The van der Waals surface area contributed by atoms with Gasteiger partial charge in [0.05, 0.1) is 24.4 Å². The molecule has 4 unspecified atom stereocenters. The highest BCUT2D eigenvalue weighted by molar-refractivity contribution is 5.77. The van der Waals surface area contributed by atoms with E-state index in [1.165, 1.54) is 51.4 Å². The molecular formula is C30H54N4O4. The van der Waals surface area contributed by atoms with Gasteiger partial charge in [0, 0.05) is 52.1 Å². The van der Waals surface area contributed by atoms with Crippen LogP contribution in [0.15, 0.2) is 24.3 Å². The molecule has 2 rings (SSSR count). The summed E-state index contributed by atoms with van der Waals surface area (Å²) in [5.41, 5.74) is 0. The zero-order chi connectivity index (χ0) is 27.3. The van der Waals surface area contributed by atoms with E-state index in [1.54, 1.807) is 0 Å². The average molecular weight is 535 g/mol. The molecule has 2 aliphatic heterocycles. The van der Waals surface area contributed by atoms with Gasteiger partial charge in [-0.3, -0.25) is 9.59 Å². The zero-order valence-electron chi connectivity index (χ0n) is 24.0. The van der Waals surface area contributed by atoms with Crippen molar-refractivity contribution >= 4 is 11.8 Å². The third kappa shape index (κ3) is 17.0. The second-order valence-corrected chi connectivity index (χ2v) is 10.4. The molecule has 2 heterocycles. The van der Waals surface area contributed by atoms with Gasteiger partial charge in [0.25, 0.3) is 0 Å². The molecule has 2 fully saturated rings. The van der Waals surface area contributed by atoms with Crippen LogP contribution in [0.1, 0.15) is 90.9 Å². The van der Waals surface area contributed by atoms with Crippen molar-refractivity contribution < 1.29 is 19.1 Å². The Hall–Kier alpha value is -1.74. The van der Waals surface area contributed by atoms with Crippen molar-refractivity contribution in [2.24, 2.45) is 0 Å². The number of carbonyl (C=O) groups is 2. The number of hydrogen-bond acceptors (Lipinski definition) is 6. The lowest BCUT2D eigenvalue weighted by molar-refractivity contribution is -0.121. The summed E-state index contributed by atoms with van der Waals surface area (Å²) in [6.45, 7) is 8.78. The Bertz CT molecular complexity index is 642. The van der Waals surface area contributed by atoms with Gasteiger partial charge >= 0.3 is 0 Å². The monoisotopic (exact) mass is 534 g/mol. The van der Waals surface area contributed by atoms with Crippen LogP contribution in [0.4, 0.5) is 0 Å². The molecule has 0 bridgehead atoms. The molecule has 0 spiro atoms. The molecule has 4 N–H and O–H groups in total. The molecule has 4 atom stereocenters. The number of hydrogen-bond donors (Lipinski definition) is 4. The lowest BCUT2D eigenvalue weighted by atomic mass is 10.1. The molecule has 0 radical (unpaired) electrons. The van der Waals surface area contributed by atoms with Gasteiger partial charge in [-0.2, -0.15) is 0 Å². The smallest absolute Gasteiger partial charge is 0.223 e. The van der Waals surface area contributed by atoms with Crippen LogP contribution in [-0.2, 0) is 19.1 Å². The van der Waals surface area contributed by atoms with E-state index in [2.05, 4.69) is 47.3 Å². The Morgan fingerprint density at radius 1 is 0.579 bits per heavy atom. The summed E-state index contributed by atoms with van der Waals surface area (Å²) in [6.07, 6.45) is 22.2. The summed E-state index contributed by atoms with van der Waals surface area (Å²) in [5, 5.41) is 12.5. The first kappa shape index (κ1) is 32.5. The van der Waals surface area contributed by atoms with Crippen LogP contribution in [0.3, 0.4) is 0 Å². The van der Waals surface area contributed by atoms with E-state index in [1.807, 2.05) is 12.2 Å². The van der Waals surface area contributed by atoms with Crippen LogP contribution >= 0.6 is 0 Å². The number of epoxide rings is 2. The number of amides is 2. The van der Waals surface area contributed by atoms with Crippen LogP contribution in [0.25, 0.3) is 0 Å². The molecule has 2 amide bonds. The van der Waals surface area contributed by atoms with Gasteiger partial charge < -0.3 is 30.7 Å². The Kier molecular flexibility index (Phi) is 18.1. The van der Waals surface area contributed by atoms with E-state index < -0.39 is 0 Å². The molecule has 2 saturated heterocycles. The minimum Gasteiger partial charge on any atom is -0.369 e. The van der Waals surface area contributed by atoms with Gasteiger partial charge in [0.2, 0.25) is 11.8 Å². The third-order valence-corrected chi connectivity index (χ3v) is 6.96. The van der Waals surface area contributed by atoms with Crippen molar-refractivity contribution in [3.8, 4) is 0 Å². The summed E-state index contributed by atoms with van der Waals surface area (Å²) in [7, 11) is 0. The van der Waals surface area contributed by atoms with Crippen molar-refractivity contribution in [2.75, 3.05) is 39.3 Å². The maximum absolute atomic E-state index is 11.9. The predicted molar refractivity (Wildman–Crippen MR) is 154 cm³/mol. The molecule has 0 aromatic rings. The van der Waals surface area contributed by atoms with E-state index in [9.17, 15) is 9.59 Å². The molecule has 0 aromatic carbocycles. The number of unbranched alkanes of at least 4 members (excludes halogenated alkanes) is 4. The summed E-state index contributed by atoms with van der Waals surface area (Å²) >= 11 is 0. The number of nitrogens with one attached hydrogen (secondary N) is 4. The van der Waals surface area contributed by atoms with E-state index in [4.69, 9.17) is 9.47 Å². The molecule has 8 nitrogen and oxygen atoms in total. The van der Waals surface area contributed by atoms with Gasteiger partial charge in [-0.1, -0.05) is 76.7 Å². The lowest BCUT2D eigenvalue weighted by Gasteiger charge is -2.08. The normalized spacial score (nSPS) is 22.3. The molecule has 8 heteroatoms. The van der Waals surface area contributed by atoms with E-state index in [0.29, 0.717) is 50.3 Å². The molecule has 218 valence electrons. The van der Waals surface area contributed by atoms with Gasteiger partial charge in [-0.25, -0.2) is 0 Å². The lowest BCUT2D eigenvalue weighted by Crippen LogP contribution is -2.37. The van der Waals surface area contributed by atoms with Gasteiger partial charge in [-0.05, 0) is 25.7 Å². The van der Waals surface area contributed by atoms with Crippen molar-refractivity contribution in [3.05, 3.63) is 24.3 Å². The first-order valence-electron chi connectivity index (χ1n) is 15.2. The highest BCUT2D eigenvalue weighted by Crippen LogP contribution is 2.31. The van der Waals surface area contributed by atoms with Crippen molar-refractivity contribution in [1.82, 2.24) is 21.3 Å². The average Bonchev–Trinajstić information content (AvgIpc) is 3.83. The maximum atomic E-state index is 11.9. The van der Waals surface area contributed by atoms with E-state index in [-0.39, 0.29) is 11.8 Å². The fourth-order valence-electron chi connectivity index (χ4n) is 4.47. The standard InChI is InChI=1S/C30H54N4O4/c1-3-5-7-13-25-27(37-25)15-9-11-17-29(35)33-23-21-31-19-20-32-22-24-34-30(36)18-12-10-16-28-26(38-28)14-8-6-4-2/h9-12,25-28,31-32H,3-8,13-24H2,1-2H3,(H,33,35)(H,34,36)/b11-9+,12-10+. The Morgan fingerprint density at radius 2 is 1.00 bits per heavy atom. The van der Waals surface area contributed by atoms with Crippen LogP contribution in [0, 0.1) is 0 Å². The Morgan fingerprint density at radius 3 is 1.42 bits per heavy atom. The minimum absolute atomic E-state index is 0.0513. The van der Waals surface area contributed by atoms with Gasteiger partial charge in [0.1, 0.15) is 0 Å². The SMILES string of the molecule is CCCCCC1OC1C/C=C/CC(=O)NCCNCCNCCNC(=O)C/C=C/CC1OC1CCCCC. The predicted octanol–water partition coefficient (Wildman–Crippen LogP) is 3.77. The Balaban J connectivity index is 1.28. The van der Waals surface area contributed by atoms with Gasteiger partial charge in [-0.15, -0.1) is 0 Å². The highest BCUT2D eigenvalue weighted by Gasteiger charge is 2.37. The molecule has 0 aliphatic carbocycles. The minimum atomic E-state index is 0.0513. The fraction of sp³-hybridized carbons (Fsp3) is 0.800. The summed E-state index contributed by atoms with van der Waals surface area (Å²) < 4.78 is 11.3. The quantitative estimate of drug-likeness (QED) is 0.0807. The van der Waals surface area contributed by atoms with E-state index in [0.717, 1.165) is 39.0 Å². The molecule has 2 aliphatic rings. The number of carbonyl (C=O) groups excluding carboxylic acids is 2. The summed E-state index contributed by atoms with van der Waals surface area (Å²) in [5.74, 6) is 0.103. The van der Waals surface area contributed by atoms with Crippen LogP contribution in [-0.4, -0.2) is 75.5 Å². The third-order valence-electron chi connectivity index (χ3n) is 6.96. The van der Waals surface area contributed by atoms with Crippen molar-refractivity contribution in [1.29, 1.82) is 0 Å². The van der Waals surface area contributed by atoms with Crippen LogP contribution < -0.4 is 21.3 Å². The highest BCUT2D eigenvalue weighted by atomic mass is 16.6. The maximum Gasteiger partial charge on any atom is 0.223 e. The Labute approximate surface area is 231 Å². The van der Waals surface area contributed by atoms with Gasteiger partial charge in [0.15, 0.2) is 0 Å². The molecule has 38 heavy (non-hydrogen) atoms. The zero-order valence-corrected chi connectivity index (χ0v) is 24.0. The van der Waals surface area contributed by atoms with E-state index >= 15 is 0 Å². The second kappa shape index (κ2) is 21.1. The number of rotatable bonds is 25. The van der Waals surface area contributed by atoms with Crippen LogP contribution in [0.2, 0.25) is 0 Å². The molecular weight excluding hydrogens is 480 g/mol. The van der Waals surface area contributed by atoms with Crippen molar-refractivity contribution in [2.45, 2.75) is 115 Å². The first-order chi connectivity index (χ1) is 18.6.